The van der Waals surface area contributed by atoms with Gasteiger partial charge in [-0.1, -0.05) is 23.5 Å². The van der Waals surface area contributed by atoms with Crippen LogP contribution in [0.2, 0.25) is 0 Å². The molecule has 3 heterocycles. The SMILES string of the molecule is O=C(O)CN1C(=O)C2C3CC(C2C1=O)C1C3Sc2[nH]c(=O)sc2[C@@H]1c1cccc(OCC(=O)Nc2ccc(O)cc2)c1. The van der Waals surface area contributed by atoms with E-state index in [1.54, 1.807) is 30.0 Å². The first-order valence-electron chi connectivity index (χ1n) is 13.5. The van der Waals surface area contributed by atoms with E-state index in [0.717, 1.165) is 31.7 Å². The summed E-state index contributed by atoms with van der Waals surface area (Å²) in [5, 5.41) is 22.2. The lowest BCUT2D eigenvalue weighted by Gasteiger charge is -2.43. The Morgan fingerprint density at radius 2 is 1.79 bits per heavy atom. The summed E-state index contributed by atoms with van der Waals surface area (Å²) in [5.74, 6) is -3.48. The van der Waals surface area contributed by atoms with Gasteiger partial charge in [-0.3, -0.25) is 28.9 Å². The van der Waals surface area contributed by atoms with Crippen molar-refractivity contribution in [1.82, 2.24) is 9.88 Å². The van der Waals surface area contributed by atoms with E-state index in [2.05, 4.69) is 10.3 Å². The maximum Gasteiger partial charge on any atom is 0.323 e. The second-order valence-electron chi connectivity index (χ2n) is 11.1. The van der Waals surface area contributed by atoms with E-state index >= 15 is 0 Å². The molecule has 2 saturated carbocycles. The number of fused-ring (bicyclic) bond motifs is 9. The number of benzene rings is 2. The zero-order valence-electron chi connectivity index (χ0n) is 21.9. The highest BCUT2D eigenvalue weighted by Gasteiger charge is 2.69. The molecular weight excluding hydrogens is 582 g/mol. The highest BCUT2D eigenvalue weighted by Crippen LogP contribution is 2.68. The largest absolute Gasteiger partial charge is 0.508 e. The molecule has 0 radical (unpaired) electrons. The fraction of sp³-hybridized carbons (Fsp3) is 0.345. The van der Waals surface area contributed by atoms with Crippen LogP contribution in [0.25, 0.3) is 0 Å². The molecule has 11 nitrogen and oxygen atoms in total. The molecule has 13 heteroatoms. The van der Waals surface area contributed by atoms with Crippen molar-refractivity contribution in [2.24, 2.45) is 29.6 Å². The summed E-state index contributed by atoms with van der Waals surface area (Å²) in [5.41, 5.74) is 1.40. The molecule has 2 aromatic carbocycles. The number of thioether (sulfide) groups is 1. The smallest absolute Gasteiger partial charge is 0.323 e. The summed E-state index contributed by atoms with van der Waals surface area (Å²) in [6, 6.07) is 13.4. The normalized spacial score (nSPS) is 28.8. The zero-order chi connectivity index (χ0) is 29.3. The molecule has 2 aliphatic heterocycles. The van der Waals surface area contributed by atoms with Crippen LogP contribution in [0, 0.1) is 29.6 Å². The molecule has 4 aliphatic rings. The van der Waals surface area contributed by atoms with Gasteiger partial charge >= 0.3 is 10.8 Å². The number of carboxylic acids is 1. The second-order valence-corrected chi connectivity index (χ2v) is 13.3. The number of ether oxygens (including phenoxy) is 1. The number of hydrogen-bond acceptors (Lipinski definition) is 9. The Hall–Kier alpha value is -4.10. The number of likely N-dealkylation sites (tertiary alicyclic amines) is 1. The molecule has 42 heavy (non-hydrogen) atoms. The number of nitrogens with one attached hydrogen (secondary N) is 2. The lowest BCUT2D eigenvalue weighted by molar-refractivity contribution is -0.149. The Kier molecular flexibility index (Phi) is 6.39. The summed E-state index contributed by atoms with van der Waals surface area (Å²) < 4.78 is 5.82. The predicted octanol–water partition coefficient (Wildman–Crippen LogP) is 2.72. The number of H-pyrrole nitrogens is 1. The van der Waals surface area contributed by atoms with E-state index in [1.807, 2.05) is 18.2 Å². The Balaban J connectivity index is 1.17. The number of imide groups is 1. The van der Waals surface area contributed by atoms with Gasteiger partial charge in [0.05, 0.1) is 16.9 Å². The van der Waals surface area contributed by atoms with Crippen molar-refractivity contribution >= 4 is 52.5 Å². The number of thiazole rings is 1. The number of aliphatic carboxylic acids is 1. The van der Waals surface area contributed by atoms with Crippen molar-refractivity contribution in [1.29, 1.82) is 0 Å². The number of carbonyl (C=O) groups excluding carboxylic acids is 3. The molecule has 7 atom stereocenters. The number of phenols is 1. The number of carbonyl (C=O) groups is 4. The molecule has 1 saturated heterocycles. The number of phenolic OH excluding ortho intramolecular Hbond substituents is 1. The van der Waals surface area contributed by atoms with Gasteiger partial charge in [-0.05, 0) is 66.1 Å². The van der Waals surface area contributed by atoms with Crippen LogP contribution in [0.3, 0.4) is 0 Å². The minimum absolute atomic E-state index is 0.0267. The van der Waals surface area contributed by atoms with Crippen molar-refractivity contribution in [3.63, 3.8) is 0 Å². The Bertz CT molecular complexity index is 1680. The molecule has 4 N–H and O–H groups in total. The molecule has 216 valence electrons. The van der Waals surface area contributed by atoms with E-state index in [0.29, 0.717) is 17.9 Å². The summed E-state index contributed by atoms with van der Waals surface area (Å²) in [4.78, 5) is 67.5. The number of nitrogens with zero attached hydrogens (tertiary/aromatic N) is 1. The lowest BCUT2D eigenvalue weighted by Crippen LogP contribution is -2.42. The molecule has 1 aromatic heterocycles. The average Bonchev–Trinajstić information content (AvgIpc) is 3.69. The number of aromatic hydroxyl groups is 1. The molecule has 0 spiro atoms. The van der Waals surface area contributed by atoms with Crippen molar-refractivity contribution in [2.75, 3.05) is 18.5 Å². The highest BCUT2D eigenvalue weighted by atomic mass is 32.2. The highest BCUT2D eigenvalue weighted by molar-refractivity contribution is 8.00. The predicted molar refractivity (Wildman–Crippen MR) is 152 cm³/mol. The third-order valence-electron chi connectivity index (χ3n) is 8.85. The van der Waals surface area contributed by atoms with Crippen LogP contribution in [-0.2, 0) is 19.2 Å². The molecule has 6 unspecified atom stereocenters. The molecule has 7 rings (SSSR count). The number of hydrogen-bond donors (Lipinski definition) is 4. The number of aromatic nitrogens is 1. The molecule has 2 bridgehead atoms. The van der Waals surface area contributed by atoms with Crippen molar-refractivity contribution in [3.8, 4) is 11.5 Å². The average molecular weight is 608 g/mol. The van der Waals surface area contributed by atoms with Crippen molar-refractivity contribution < 1.29 is 34.1 Å². The second kappa shape index (κ2) is 10.0. The molecular formula is C29H25N3O8S2. The minimum Gasteiger partial charge on any atom is -0.508 e. The van der Waals surface area contributed by atoms with Crippen LogP contribution in [0.4, 0.5) is 5.69 Å². The fourth-order valence-electron chi connectivity index (χ4n) is 7.43. The van der Waals surface area contributed by atoms with Gasteiger partial charge in [-0.2, -0.15) is 0 Å². The van der Waals surface area contributed by atoms with E-state index in [1.165, 1.54) is 12.1 Å². The Morgan fingerprint density at radius 1 is 1.05 bits per heavy atom. The maximum atomic E-state index is 13.4. The molecule has 3 amide bonds. The first-order valence-corrected chi connectivity index (χ1v) is 15.2. The van der Waals surface area contributed by atoms with E-state index in [4.69, 9.17) is 4.74 Å². The van der Waals surface area contributed by atoms with Crippen LogP contribution in [0.15, 0.2) is 58.4 Å². The van der Waals surface area contributed by atoms with Gasteiger partial charge in [0.1, 0.15) is 18.0 Å². The lowest BCUT2D eigenvalue weighted by atomic mass is 9.68. The number of amides is 3. The van der Waals surface area contributed by atoms with Crippen LogP contribution in [-0.4, -0.2) is 62.2 Å². The third-order valence-corrected chi connectivity index (χ3v) is 11.4. The maximum absolute atomic E-state index is 13.4. The number of aromatic amines is 1. The van der Waals surface area contributed by atoms with E-state index in [9.17, 15) is 34.2 Å². The third kappa shape index (κ3) is 4.29. The van der Waals surface area contributed by atoms with Gasteiger partial charge < -0.3 is 25.3 Å². The van der Waals surface area contributed by atoms with Gasteiger partial charge in [0.15, 0.2) is 6.61 Å². The van der Waals surface area contributed by atoms with Gasteiger partial charge in [-0.25, -0.2) is 0 Å². The van der Waals surface area contributed by atoms with E-state index < -0.39 is 36.2 Å². The van der Waals surface area contributed by atoms with Gasteiger partial charge in [-0.15, -0.1) is 11.8 Å². The molecule has 3 aromatic rings. The summed E-state index contributed by atoms with van der Waals surface area (Å²) in [7, 11) is 0. The summed E-state index contributed by atoms with van der Waals surface area (Å²) >= 11 is 2.69. The van der Waals surface area contributed by atoms with Crippen LogP contribution >= 0.6 is 23.1 Å². The first-order chi connectivity index (χ1) is 20.2. The molecule has 3 fully saturated rings. The van der Waals surface area contributed by atoms with Gasteiger partial charge in [0.2, 0.25) is 11.8 Å². The minimum atomic E-state index is -1.22. The van der Waals surface area contributed by atoms with Crippen molar-refractivity contribution in [3.05, 3.63) is 68.6 Å². The van der Waals surface area contributed by atoms with Crippen LogP contribution in [0.5, 0.6) is 11.5 Å². The Labute approximate surface area is 246 Å². The monoisotopic (exact) mass is 607 g/mol. The van der Waals surface area contributed by atoms with Gasteiger partial charge in [0, 0.05) is 21.7 Å². The number of rotatable bonds is 7. The topological polar surface area (TPSA) is 166 Å². The van der Waals surface area contributed by atoms with Crippen molar-refractivity contribution in [2.45, 2.75) is 22.6 Å². The fourth-order valence-corrected chi connectivity index (χ4v) is 10.3. The molecule has 2 aliphatic carbocycles. The standard InChI is InChI=1S/C29H25N3O8S2/c33-14-6-4-13(5-7-14)30-18(34)11-40-15-3-1-2-12(8-15)20-21-16-9-17(24(21)41-26-25(20)42-29(39)31-26)23-22(16)27(37)32(28(23)38)10-19(35)36/h1-8,16-17,20-24,33H,9-11H2,(H,30,34)(H,31,39)(H,35,36)/t16?,17?,20-,21?,22?,23?,24?/m1/s1. The quantitative estimate of drug-likeness (QED) is 0.233. The van der Waals surface area contributed by atoms with Crippen LogP contribution in [0.1, 0.15) is 22.8 Å². The van der Waals surface area contributed by atoms with Gasteiger partial charge in [0.25, 0.3) is 5.91 Å². The number of carboxylic acid groups (broad SMARTS) is 1. The Morgan fingerprint density at radius 3 is 2.52 bits per heavy atom. The summed E-state index contributed by atoms with van der Waals surface area (Å²) in [6.07, 6.45) is 0.694. The number of anilines is 1. The van der Waals surface area contributed by atoms with E-state index in [-0.39, 0.29) is 52.1 Å². The summed E-state index contributed by atoms with van der Waals surface area (Å²) in [6.45, 7) is -0.875. The first kappa shape index (κ1) is 26.8. The van der Waals surface area contributed by atoms with Crippen LogP contribution < -0.4 is 14.9 Å². The zero-order valence-corrected chi connectivity index (χ0v) is 23.5.